The molecule has 1 aromatic heterocycles. The van der Waals surface area contributed by atoms with Gasteiger partial charge >= 0.3 is 0 Å². The first-order valence-electron chi connectivity index (χ1n) is 8.37. The number of nitrogens with zero attached hydrogens (tertiary/aromatic N) is 3. The fraction of sp³-hybridized carbons (Fsp3) is 0.100. The molecule has 7 heteroatoms. The number of hydrogen-bond donors (Lipinski definition) is 1. The fourth-order valence-corrected chi connectivity index (χ4v) is 4.37. The van der Waals surface area contributed by atoms with Gasteiger partial charge in [0.1, 0.15) is 11.0 Å². The first kappa shape index (κ1) is 17.6. The molecule has 5 nitrogen and oxygen atoms in total. The van der Waals surface area contributed by atoms with Gasteiger partial charge in [-0.25, -0.2) is 14.2 Å². The van der Waals surface area contributed by atoms with E-state index in [2.05, 4.69) is 14.7 Å². The van der Waals surface area contributed by atoms with Gasteiger partial charge in [0.15, 0.2) is 0 Å². The molecule has 4 rings (SSSR count). The quantitative estimate of drug-likeness (QED) is 0.390. The molecule has 0 aliphatic rings. The highest BCUT2D eigenvalue weighted by atomic mass is 32.2. The van der Waals surface area contributed by atoms with Gasteiger partial charge in [0.05, 0.1) is 21.5 Å². The highest BCUT2D eigenvalue weighted by molar-refractivity contribution is 7.86. The molecule has 136 valence electrons. The van der Waals surface area contributed by atoms with Crippen molar-refractivity contribution in [2.24, 2.45) is 4.99 Å². The van der Waals surface area contributed by atoms with Gasteiger partial charge < -0.3 is 9.62 Å². The number of benzene rings is 3. The van der Waals surface area contributed by atoms with Crippen LogP contribution in [0.25, 0.3) is 21.0 Å². The van der Waals surface area contributed by atoms with Gasteiger partial charge in [0.2, 0.25) is 5.13 Å². The largest absolute Gasteiger partial charge is 0.369 e. The maximum atomic E-state index is 12.7. The smallest absolute Gasteiger partial charge is 0.211 e. The molecular formula is C20H18N4OS2. The summed E-state index contributed by atoms with van der Waals surface area (Å²) in [5.41, 5.74) is 1.67. The third kappa shape index (κ3) is 3.99. The molecule has 1 heterocycles. The maximum Gasteiger partial charge on any atom is 0.211 e. The number of fused-ring (bicyclic) bond motifs is 2. The number of aromatic nitrogens is 1. The molecular weight excluding hydrogens is 376 g/mol. The zero-order valence-electron chi connectivity index (χ0n) is 14.9. The Balaban J connectivity index is 1.57. The summed E-state index contributed by atoms with van der Waals surface area (Å²) in [7, 11) is 2.50. The molecule has 1 unspecified atom stereocenters. The standard InChI is InChI=1S/C20H18N4OS2/c1-24(2)13-21-20-22-18-10-8-16(12-19(18)26-20)23-27(25)17-9-7-14-5-3-4-6-15(14)11-17/h3-13,23H,1-2H3/b21-13+. The van der Waals surface area contributed by atoms with E-state index in [1.807, 2.05) is 79.7 Å². The van der Waals surface area contributed by atoms with Crippen molar-refractivity contribution in [1.82, 2.24) is 9.88 Å². The van der Waals surface area contributed by atoms with Crippen molar-refractivity contribution in [3.8, 4) is 0 Å². The number of thiazole rings is 1. The Morgan fingerprint density at radius 1 is 1.07 bits per heavy atom. The Morgan fingerprint density at radius 2 is 1.89 bits per heavy atom. The summed E-state index contributed by atoms with van der Waals surface area (Å²) in [6.45, 7) is 0. The Hall–Kier alpha value is -2.77. The highest BCUT2D eigenvalue weighted by Gasteiger charge is 2.08. The second-order valence-corrected chi connectivity index (χ2v) is 8.49. The average Bonchev–Trinajstić information content (AvgIpc) is 3.08. The summed E-state index contributed by atoms with van der Waals surface area (Å²) < 4.78 is 16.8. The Labute approximate surface area is 164 Å². The van der Waals surface area contributed by atoms with E-state index in [0.717, 1.165) is 31.6 Å². The summed E-state index contributed by atoms with van der Waals surface area (Å²) in [5, 5.41) is 2.91. The summed E-state index contributed by atoms with van der Waals surface area (Å²) in [6, 6.07) is 19.7. The van der Waals surface area contributed by atoms with Crippen molar-refractivity contribution < 1.29 is 4.21 Å². The van der Waals surface area contributed by atoms with Crippen LogP contribution in [0.5, 0.6) is 0 Å². The number of hydrogen-bond acceptors (Lipinski definition) is 4. The molecule has 0 saturated heterocycles. The topological polar surface area (TPSA) is 57.6 Å². The van der Waals surface area contributed by atoms with Crippen LogP contribution in [0, 0.1) is 0 Å². The van der Waals surface area contributed by atoms with Crippen LogP contribution in [0.1, 0.15) is 0 Å². The lowest BCUT2D eigenvalue weighted by Gasteiger charge is -2.07. The van der Waals surface area contributed by atoms with E-state index >= 15 is 0 Å². The van der Waals surface area contributed by atoms with Crippen LogP contribution in [-0.2, 0) is 11.0 Å². The second-order valence-electron chi connectivity index (χ2n) is 6.27. The van der Waals surface area contributed by atoms with E-state index in [1.165, 1.54) is 11.3 Å². The summed E-state index contributed by atoms with van der Waals surface area (Å²) in [5.74, 6) is 0. The predicted octanol–water partition coefficient (Wildman–Crippen LogP) is 4.81. The average molecular weight is 395 g/mol. The van der Waals surface area contributed by atoms with E-state index < -0.39 is 11.0 Å². The minimum absolute atomic E-state index is 0.700. The van der Waals surface area contributed by atoms with Gasteiger partial charge in [0, 0.05) is 19.8 Å². The minimum atomic E-state index is -1.34. The van der Waals surface area contributed by atoms with Gasteiger partial charge in [-0.05, 0) is 41.1 Å². The van der Waals surface area contributed by atoms with E-state index in [4.69, 9.17) is 0 Å². The molecule has 0 spiro atoms. The maximum absolute atomic E-state index is 12.7. The summed E-state index contributed by atoms with van der Waals surface area (Å²) >= 11 is 1.50. The van der Waals surface area contributed by atoms with E-state index in [0.29, 0.717) is 5.13 Å². The number of nitrogens with one attached hydrogen (secondary N) is 1. The molecule has 0 radical (unpaired) electrons. The monoisotopic (exact) mass is 394 g/mol. The van der Waals surface area contributed by atoms with Crippen molar-refractivity contribution in [3.63, 3.8) is 0 Å². The molecule has 1 N–H and O–H groups in total. The molecule has 0 aliphatic heterocycles. The molecule has 0 fully saturated rings. The van der Waals surface area contributed by atoms with Crippen LogP contribution in [0.3, 0.4) is 0 Å². The normalized spacial score (nSPS) is 12.7. The van der Waals surface area contributed by atoms with Crippen molar-refractivity contribution in [1.29, 1.82) is 0 Å². The van der Waals surface area contributed by atoms with Crippen molar-refractivity contribution in [2.45, 2.75) is 4.90 Å². The van der Waals surface area contributed by atoms with Crippen molar-refractivity contribution >= 4 is 60.5 Å². The SMILES string of the molecule is CN(C)/C=N/c1nc2ccc(NS(=O)c3ccc4ccccc4c3)cc2s1. The zero-order valence-corrected chi connectivity index (χ0v) is 16.6. The Kier molecular flexibility index (Phi) is 4.87. The van der Waals surface area contributed by atoms with Crippen molar-refractivity contribution in [2.75, 3.05) is 18.8 Å². The lowest BCUT2D eigenvalue weighted by molar-refractivity contribution is 0.643. The second kappa shape index (κ2) is 7.46. The van der Waals surface area contributed by atoms with Crippen LogP contribution < -0.4 is 4.72 Å². The summed E-state index contributed by atoms with van der Waals surface area (Å²) in [6.07, 6.45) is 1.73. The number of rotatable bonds is 5. The van der Waals surface area contributed by atoms with Crippen LogP contribution in [0.4, 0.5) is 10.8 Å². The molecule has 3 aromatic carbocycles. The van der Waals surface area contributed by atoms with Gasteiger partial charge in [-0.15, -0.1) is 0 Å². The molecule has 0 amide bonds. The van der Waals surface area contributed by atoms with Gasteiger partial charge in [0.25, 0.3) is 0 Å². The van der Waals surface area contributed by atoms with Gasteiger partial charge in [-0.1, -0.05) is 41.7 Å². The molecule has 4 aromatic rings. The van der Waals surface area contributed by atoms with Gasteiger partial charge in [-0.2, -0.15) is 0 Å². The molecule has 1 atom stereocenters. The van der Waals surface area contributed by atoms with Gasteiger partial charge in [-0.3, -0.25) is 0 Å². The fourth-order valence-electron chi connectivity index (χ4n) is 2.64. The molecule has 27 heavy (non-hydrogen) atoms. The third-order valence-electron chi connectivity index (χ3n) is 3.92. The van der Waals surface area contributed by atoms with Crippen LogP contribution in [-0.4, -0.2) is 34.5 Å². The Bertz CT molecular complexity index is 1170. The molecule has 0 saturated carbocycles. The number of aliphatic imine (C=N–C) groups is 1. The first-order chi connectivity index (χ1) is 13.1. The lowest BCUT2D eigenvalue weighted by atomic mass is 10.1. The first-order valence-corrected chi connectivity index (χ1v) is 10.3. The van der Waals surface area contributed by atoms with Crippen LogP contribution in [0.15, 0.2) is 70.6 Å². The summed E-state index contributed by atoms with van der Waals surface area (Å²) in [4.78, 5) is 11.4. The Morgan fingerprint density at radius 3 is 2.70 bits per heavy atom. The minimum Gasteiger partial charge on any atom is -0.369 e. The van der Waals surface area contributed by atoms with E-state index in [-0.39, 0.29) is 0 Å². The highest BCUT2D eigenvalue weighted by Crippen LogP contribution is 2.30. The molecule has 0 bridgehead atoms. The zero-order chi connectivity index (χ0) is 18.8. The van der Waals surface area contributed by atoms with E-state index in [9.17, 15) is 4.21 Å². The van der Waals surface area contributed by atoms with Crippen LogP contribution >= 0.6 is 11.3 Å². The van der Waals surface area contributed by atoms with Crippen LogP contribution in [0.2, 0.25) is 0 Å². The van der Waals surface area contributed by atoms with Crippen molar-refractivity contribution in [3.05, 3.63) is 60.7 Å². The lowest BCUT2D eigenvalue weighted by Crippen LogP contribution is -2.06. The number of anilines is 1. The van der Waals surface area contributed by atoms with E-state index in [1.54, 1.807) is 6.34 Å². The third-order valence-corrected chi connectivity index (χ3v) is 5.95. The predicted molar refractivity (Wildman–Crippen MR) is 115 cm³/mol. The molecule has 0 aliphatic carbocycles.